The molecule has 0 bridgehead atoms. The van der Waals surface area contributed by atoms with E-state index in [-0.39, 0.29) is 35.6 Å². The fourth-order valence-electron chi connectivity index (χ4n) is 3.81. The highest BCUT2D eigenvalue weighted by molar-refractivity contribution is 5.82. The van der Waals surface area contributed by atoms with Gasteiger partial charge < -0.3 is 9.47 Å². The first kappa shape index (κ1) is 22.0. The molecule has 0 aliphatic heterocycles. The Bertz CT molecular complexity index is 416. The van der Waals surface area contributed by atoms with Gasteiger partial charge in [-0.3, -0.25) is 9.59 Å². The molecule has 1 saturated carbocycles. The van der Waals surface area contributed by atoms with Gasteiger partial charge in [0.05, 0.1) is 25.0 Å². The minimum atomic E-state index is -0.377. The molecule has 0 heterocycles. The van der Waals surface area contributed by atoms with Crippen LogP contribution in [0.1, 0.15) is 73.6 Å². The molecule has 0 radical (unpaired) electrons. The molecular weight excluding hydrogens is 316 g/mol. The van der Waals surface area contributed by atoms with E-state index in [1.54, 1.807) is 0 Å². The van der Waals surface area contributed by atoms with E-state index < -0.39 is 0 Å². The minimum absolute atomic E-state index is 0.151. The lowest BCUT2D eigenvalue weighted by Gasteiger charge is -2.31. The summed E-state index contributed by atoms with van der Waals surface area (Å²) in [6, 6.07) is 0. The van der Waals surface area contributed by atoms with E-state index in [9.17, 15) is 9.59 Å². The van der Waals surface area contributed by atoms with Gasteiger partial charge in [0.1, 0.15) is 0 Å². The first-order valence-electron chi connectivity index (χ1n) is 10.1. The number of carbonyl (C=O) groups excluding carboxylic acids is 2. The third kappa shape index (κ3) is 6.99. The SMILES string of the molecule is CCCC1CCCC(C)C(C(=O)OCC(C)C)C1C(=O)OCC(C)C. The molecule has 1 aliphatic carbocycles. The molecule has 4 atom stereocenters. The van der Waals surface area contributed by atoms with Crippen LogP contribution in [0.3, 0.4) is 0 Å². The topological polar surface area (TPSA) is 52.6 Å². The van der Waals surface area contributed by atoms with Crippen molar-refractivity contribution in [1.82, 2.24) is 0 Å². The molecule has 4 nitrogen and oxygen atoms in total. The number of ether oxygens (including phenoxy) is 2. The second-order valence-electron chi connectivity index (χ2n) is 8.56. The van der Waals surface area contributed by atoms with E-state index in [2.05, 4.69) is 13.8 Å². The first-order chi connectivity index (χ1) is 11.8. The average Bonchev–Trinajstić information content (AvgIpc) is 2.69. The highest BCUT2D eigenvalue weighted by Gasteiger charge is 2.45. The highest BCUT2D eigenvalue weighted by Crippen LogP contribution is 2.40. The maximum absolute atomic E-state index is 12.9. The monoisotopic (exact) mass is 354 g/mol. The van der Waals surface area contributed by atoms with Crippen molar-refractivity contribution < 1.29 is 19.1 Å². The van der Waals surface area contributed by atoms with Crippen molar-refractivity contribution >= 4 is 11.9 Å². The van der Waals surface area contributed by atoms with E-state index in [1.807, 2.05) is 27.7 Å². The van der Waals surface area contributed by atoms with Crippen molar-refractivity contribution in [3.8, 4) is 0 Å². The second kappa shape index (κ2) is 10.8. The molecule has 0 aromatic rings. The van der Waals surface area contributed by atoms with Crippen molar-refractivity contribution in [2.24, 2.45) is 35.5 Å². The molecule has 1 fully saturated rings. The molecule has 0 aromatic heterocycles. The largest absolute Gasteiger partial charge is 0.465 e. The van der Waals surface area contributed by atoms with Crippen LogP contribution in [0.2, 0.25) is 0 Å². The molecule has 0 amide bonds. The van der Waals surface area contributed by atoms with E-state index in [0.717, 1.165) is 32.1 Å². The Morgan fingerprint density at radius 3 is 1.92 bits per heavy atom. The zero-order valence-corrected chi connectivity index (χ0v) is 17.0. The van der Waals surface area contributed by atoms with Gasteiger partial charge >= 0.3 is 11.9 Å². The number of carbonyl (C=O) groups is 2. The first-order valence-corrected chi connectivity index (χ1v) is 10.1. The van der Waals surface area contributed by atoms with Crippen LogP contribution in [-0.4, -0.2) is 25.2 Å². The Balaban J connectivity index is 3.03. The summed E-state index contributed by atoms with van der Waals surface area (Å²) in [7, 11) is 0. The summed E-state index contributed by atoms with van der Waals surface area (Å²) in [5.74, 6) is -0.202. The smallest absolute Gasteiger partial charge is 0.310 e. The number of esters is 2. The summed E-state index contributed by atoms with van der Waals surface area (Å²) in [5.41, 5.74) is 0. The fraction of sp³-hybridized carbons (Fsp3) is 0.905. The molecule has 1 rings (SSSR count). The molecule has 4 heteroatoms. The molecule has 0 aromatic carbocycles. The fourth-order valence-corrected chi connectivity index (χ4v) is 3.81. The Morgan fingerprint density at radius 2 is 1.44 bits per heavy atom. The maximum Gasteiger partial charge on any atom is 0.310 e. The van der Waals surface area contributed by atoms with E-state index in [1.165, 1.54) is 0 Å². The summed E-state index contributed by atoms with van der Waals surface area (Å²) in [4.78, 5) is 25.7. The van der Waals surface area contributed by atoms with Gasteiger partial charge in [-0.05, 0) is 42.9 Å². The van der Waals surface area contributed by atoms with Gasteiger partial charge in [0, 0.05) is 0 Å². The predicted molar refractivity (Wildman–Crippen MR) is 100.0 cm³/mol. The van der Waals surface area contributed by atoms with Crippen LogP contribution in [-0.2, 0) is 19.1 Å². The minimum Gasteiger partial charge on any atom is -0.465 e. The Morgan fingerprint density at radius 1 is 0.920 bits per heavy atom. The van der Waals surface area contributed by atoms with Crippen LogP contribution >= 0.6 is 0 Å². The van der Waals surface area contributed by atoms with Crippen molar-refractivity contribution in [3.05, 3.63) is 0 Å². The zero-order valence-electron chi connectivity index (χ0n) is 17.0. The van der Waals surface area contributed by atoms with Crippen molar-refractivity contribution in [2.45, 2.75) is 73.6 Å². The van der Waals surface area contributed by atoms with Crippen LogP contribution in [0, 0.1) is 35.5 Å². The average molecular weight is 355 g/mol. The van der Waals surface area contributed by atoms with Gasteiger partial charge in [0.25, 0.3) is 0 Å². The van der Waals surface area contributed by atoms with Crippen molar-refractivity contribution in [2.75, 3.05) is 13.2 Å². The van der Waals surface area contributed by atoms with Crippen LogP contribution in [0.25, 0.3) is 0 Å². The van der Waals surface area contributed by atoms with E-state index >= 15 is 0 Å². The Kier molecular flexibility index (Phi) is 9.52. The molecule has 25 heavy (non-hydrogen) atoms. The lowest BCUT2D eigenvalue weighted by Crippen LogP contribution is -2.40. The number of hydrogen-bond acceptors (Lipinski definition) is 4. The Labute approximate surface area is 154 Å². The highest BCUT2D eigenvalue weighted by atomic mass is 16.5. The molecule has 1 aliphatic rings. The quantitative estimate of drug-likeness (QED) is 0.462. The summed E-state index contributed by atoms with van der Waals surface area (Å²) in [5, 5.41) is 0. The molecule has 4 unspecified atom stereocenters. The van der Waals surface area contributed by atoms with Gasteiger partial charge in [-0.25, -0.2) is 0 Å². The summed E-state index contributed by atoms with van der Waals surface area (Å²) >= 11 is 0. The lowest BCUT2D eigenvalue weighted by atomic mass is 9.75. The molecule has 0 spiro atoms. The zero-order chi connectivity index (χ0) is 19.0. The second-order valence-corrected chi connectivity index (χ2v) is 8.56. The van der Waals surface area contributed by atoms with Crippen LogP contribution in [0.5, 0.6) is 0 Å². The molecule has 0 N–H and O–H groups in total. The predicted octanol–water partition coefficient (Wildman–Crippen LogP) is 4.85. The van der Waals surface area contributed by atoms with Gasteiger partial charge in [-0.1, -0.05) is 54.4 Å². The molecular formula is C21H38O4. The van der Waals surface area contributed by atoms with Crippen LogP contribution in [0.4, 0.5) is 0 Å². The van der Waals surface area contributed by atoms with E-state index in [0.29, 0.717) is 25.0 Å². The normalized spacial score (nSPS) is 27.2. The van der Waals surface area contributed by atoms with Crippen LogP contribution in [0.15, 0.2) is 0 Å². The summed E-state index contributed by atoms with van der Waals surface area (Å²) < 4.78 is 11.1. The standard InChI is InChI=1S/C21H38O4/c1-7-9-17-11-8-10-16(6)18(20(22)24-12-14(2)3)19(17)21(23)25-13-15(4)5/h14-19H,7-13H2,1-6H3. The van der Waals surface area contributed by atoms with Gasteiger partial charge in [0.15, 0.2) is 0 Å². The van der Waals surface area contributed by atoms with Crippen LogP contribution < -0.4 is 0 Å². The van der Waals surface area contributed by atoms with Gasteiger partial charge in [-0.2, -0.15) is 0 Å². The molecule has 146 valence electrons. The van der Waals surface area contributed by atoms with E-state index in [4.69, 9.17) is 9.47 Å². The third-order valence-corrected chi connectivity index (χ3v) is 5.06. The number of hydrogen-bond donors (Lipinski definition) is 0. The maximum atomic E-state index is 12.9. The number of rotatable bonds is 8. The molecule has 0 saturated heterocycles. The van der Waals surface area contributed by atoms with Gasteiger partial charge in [-0.15, -0.1) is 0 Å². The lowest BCUT2D eigenvalue weighted by molar-refractivity contribution is -0.166. The van der Waals surface area contributed by atoms with Crippen molar-refractivity contribution in [1.29, 1.82) is 0 Å². The Hall–Kier alpha value is -1.06. The summed E-state index contributed by atoms with van der Waals surface area (Å²) in [6.45, 7) is 13.2. The van der Waals surface area contributed by atoms with Gasteiger partial charge in [0.2, 0.25) is 0 Å². The van der Waals surface area contributed by atoms with Crippen molar-refractivity contribution in [3.63, 3.8) is 0 Å². The third-order valence-electron chi connectivity index (χ3n) is 5.06. The summed E-state index contributed by atoms with van der Waals surface area (Å²) in [6.07, 6.45) is 5.00.